The summed E-state index contributed by atoms with van der Waals surface area (Å²) in [6.07, 6.45) is 1.30. The molecule has 0 aliphatic carbocycles. The number of hydrogen-bond donors (Lipinski definition) is 0. The number of halogens is 1. The summed E-state index contributed by atoms with van der Waals surface area (Å²) in [6.45, 7) is 13.1. The number of nitrogens with zero attached hydrogens (tertiary/aromatic N) is 1. The van der Waals surface area contributed by atoms with E-state index in [-0.39, 0.29) is 24.0 Å². The second-order valence-electron chi connectivity index (χ2n) is 5.19. The molecular formula is C13H26INS. The van der Waals surface area contributed by atoms with Gasteiger partial charge in [-0.2, -0.15) is 0 Å². The van der Waals surface area contributed by atoms with Gasteiger partial charge in [-0.1, -0.05) is 52.8 Å². The highest BCUT2D eigenvalue weighted by atomic mass is 127. The minimum atomic E-state index is 0. The van der Waals surface area contributed by atoms with Crippen LogP contribution >= 0.6 is 11.8 Å². The van der Waals surface area contributed by atoms with Crippen molar-refractivity contribution >= 4 is 17.3 Å². The summed E-state index contributed by atoms with van der Waals surface area (Å²) in [5.74, 6) is 3.65. The maximum absolute atomic E-state index is 2.58. The Morgan fingerprint density at radius 2 is 1.88 bits per heavy atom. The Balaban J connectivity index is 0.00000225. The second kappa shape index (κ2) is 7.96. The van der Waals surface area contributed by atoms with Crippen molar-refractivity contribution in [3.05, 3.63) is 0 Å². The molecule has 1 rings (SSSR count). The molecule has 1 heterocycles. The lowest BCUT2D eigenvalue weighted by atomic mass is 9.81. The molecule has 0 amide bonds. The maximum Gasteiger partial charge on any atom is 0.198 e. The standard InChI is InChI=1S/C13H26NS.HI/c1-6-11(4)12(5)13(10(2)3)14-7-8-15-9-14;/h9-13H,6-8H2,1-5H3;1H/q+1;/p-1. The number of thioether (sulfide) groups is 1. The Morgan fingerprint density at radius 3 is 2.25 bits per heavy atom. The molecule has 1 aliphatic rings. The molecule has 1 nitrogen and oxygen atoms in total. The van der Waals surface area contributed by atoms with Gasteiger partial charge >= 0.3 is 0 Å². The van der Waals surface area contributed by atoms with Gasteiger partial charge in [-0.15, -0.1) is 0 Å². The Morgan fingerprint density at radius 1 is 1.25 bits per heavy atom. The van der Waals surface area contributed by atoms with Crippen LogP contribution in [0.25, 0.3) is 0 Å². The van der Waals surface area contributed by atoms with Gasteiger partial charge in [0.2, 0.25) is 0 Å². The van der Waals surface area contributed by atoms with E-state index in [1.807, 2.05) is 11.8 Å². The highest BCUT2D eigenvalue weighted by molar-refractivity contribution is 8.12. The molecule has 0 aromatic rings. The zero-order chi connectivity index (χ0) is 11.4. The molecule has 16 heavy (non-hydrogen) atoms. The van der Waals surface area contributed by atoms with Crippen LogP contribution in [0.5, 0.6) is 0 Å². The van der Waals surface area contributed by atoms with E-state index in [0.717, 1.165) is 23.8 Å². The van der Waals surface area contributed by atoms with E-state index in [4.69, 9.17) is 0 Å². The third-order valence-electron chi connectivity index (χ3n) is 3.82. The first kappa shape index (κ1) is 16.8. The second-order valence-corrected chi connectivity index (χ2v) is 6.15. The van der Waals surface area contributed by atoms with Crippen LogP contribution in [0, 0.1) is 17.8 Å². The summed E-state index contributed by atoms with van der Waals surface area (Å²) < 4.78 is 2.58. The van der Waals surface area contributed by atoms with Crippen LogP contribution in [0.15, 0.2) is 0 Å². The molecule has 0 bridgehead atoms. The summed E-state index contributed by atoms with van der Waals surface area (Å²) >= 11 is 1.97. The average molecular weight is 355 g/mol. The Labute approximate surface area is 122 Å². The van der Waals surface area contributed by atoms with Crippen molar-refractivity contribution in [2.45, 2.75) is 47.1 Å². The van der Waals surface area contributed by atoms with Crippen LogP contribution in [-0.4, -0.2) is 28.5 Å². The molecule has 0 aromatic carbocycles. The molecule has 0 aromatic heterocycles. The molecule has 0 saturated carbocycles. The van der Waals surface area contributed by atoms with Gasteiger partial charge in [-0.05, 0) is 5.92 Å². The monoisotopic (exact) mass is 355 g/mol. The minimum absolute atomic E-state index is 0. The Bertz CT molecular complexity index is 228. The zero-order valence-corrected chi connectivity index (χ0v) is 14.2. The summed E-state index contributed by atoms with van der Waals surface area (Å²) in [7, 11) is 0. The Hall–Kier alpha value is 0.750. The van der Waals surface area contributed by atoms with Gasteiger partial charge < -0.3 is 24.0 Å². The molecule has 0 radical (unpaired) electrons. The molecule has 3 unspecified atom stereocenters. The molecule has 3 atom stereocenters. The molecule has 96 valence electrons. The molecule has 0 saturated heterocycles. The highest BCUT2D eigenvalue weighted by Crippen LogP contribution is 2.27. The first-order valence-electron chi connectivity index (χ1n) is 6.28. The topological polar surface area (TPSA) is 3.01 Å². The van der Waals surface area contributed by atoms with Crippen molar-refractivity contribution in [3.63, 3.8) is 0 Å². The van der Waals surface area contributed by atoms with Crippen LogP contribution in [-0.2, 0) is 0 Å². The van der Waals surface area contributed by atoms with Crippen molar-refractivity contribution < 1.29 is 28.6 Å². The number of hydrogen-bond acceptors (Lipinski definition) is 1. The van der Waals surface area contributed by atoms with E-state index in [1.54, 1.807) is 0 Å². The van der Waals surface area contributed by atoms with Crippen LogP contribution in [0.4, 0.5) is 0 Å². The van der Waals surface area contributed by atoms with Crippen LogP contribution < -0.4 is 24.0 Å². The molecule has 1 aliphatic heterocycles. The van der Waals surface area contributed by atoms with Gasteiger partial charge in [0, 0.05) is 11.8 Å². The largest absolute Gasteiger partial charge is 1.00 e. The zero-order valence-electron chi connectivity index (χ0n) is 11.2. The van der Waals surface area contributed by atoms with E-state index >= 15 is 0 Å². The quantitative estimate of drug-likeness (QED) is 0.512. The smallest absolute Gasteiger partial charge is 0.198 e. The fourth-order valence-corrected chi connectivity index (χ4v) is 3.44. The van der Waals surface area contributed by atoms with Gasteiger partial charge in [0.05, 0.1) is 5.75 Å². The van der Waals surface area contributed by atoms with Crippen molar-refractivity contribution in [2.24, 2.45) is 17.8 Å². The fraction of sp³-hybridized carbons (Fsp3) is 0.923. The van der Waals surface area contributed by atoms with Gasteiger partial charge in [0.15, 0.2) is 18.1 Å². The normalized spacial score (nSPS) is 21.2. The van der Waals surface area contributed by atoms with E-state index in [1.165, 1.54) is 18.7 Å². The predicted molar refractivity (Wildman–Crippen MR) is 70.9 cm³/mol. The summed E-state index contributed by atoms with van der Waals surface area (Å²) in [5, 5.41) is 0. The van der Waals surface area contributed by atoms with Gasteiger partial charge in [0.25, 0.3) is 0 Å². The van der Waals surface area contributed by atoms with E-state index in [2.05, 4.69) is 44.7 Å². The highest BCUT2D eigenvalue weighted by Gasteiger charge is 2.34. The lowest BCUT2D eigenvalue weighted by Crippen LogP contribution is -3.00. The van der Waals surface area contributed by atoms with Gasteiger partial charge in [-0.3, -0.25) is 0 Å². The first-order chi connectivity index (χ1) is 7.07. The molecule has 0 spiro atoms. The van der Waals surface area contributed by atoms with E-state index in [9.17, 15) is 0 Å². The fourth-order valence-electron chi connectivity index (χ4n) is 2.58. The molecule has 3 heteroatoms. The molecule has 0 N–H and O–H groups in total. The third-order valence-corrected chi connectivity index (χ3v) is 4.66. The van der Waals surface area contributed by atoms with E-state index < -0.39 is 0 Å². The van der Waals surface area contributed by atoms with Crippen LogP contribution in [0.3, 0.4) is 0 Å². The number of rotatable bonds is 5. The maximum atomic E-state index is 2.58. The summed E-state index contributed by atoms with van der Waals surface area (Å²) in [6, 6.07) is 0.731. The summed E-state index contributed by atoms with van der Waals surface area (Å²) in [4.78, 5) is 0. The van der Waals surface area contributed by atoms with Gasteiger partial charge in [-0.25, -0.2) is 4.58 Å². The minimum Gasteiger partial charge on any atom is -1.00 e. The third kappa shape index (κ3) is 4.21. The lowest BCUT2D eigenvalue weighted by Gasteiger charge is -2.28. The van der Waals surface area contributed by atoms with E-state index in [0.29, 0.717) is 0 Å². The van der Waals surface area contributed by atoms with Crippen LogP contribution in [0.2, 0.25) is 0 Å². The SMILES string of the molecule is CCC(C)C(C)C(C(C)C)[N+]1=CSCC1.[I-]. The average Bonchev–Trinajstić information content (AvgIpc) is 2.69. The van der Waals surface area contributed by atoms with Crippen LogP contribution in [0.1, 0.15) is 41.0 Å². The molecule has 0 fully saturated rings. The van der Waals surface area contributed by atoms with Crippen molar-refractivity contribution in [3.8, 4) is 0 Å². The van der Waals surface area contributed by atoms with Crippen molar-refractivity contribution in [1.82, 2.24) is 0 Å². The first-order valence-corrected chi connectivity index (χ1v) is 7.33. The molecular weight excluding hydrogens is 329 g/mol. The van der Waals surface area contributed by atoms with Gasteiger partial charge in [0.1, 0.15) is 0 Å². The van der Waals surface area contributed by atoms with Crippen molar-refractivity contribution in [1.29, 1.82) is 0 Å². The van der Waals surface area contributed by atoms with Crippen molar-refractivity contribution in [2.75, 3.05) is 12.3 Å². The summed E-state index contributed by atoms with van der Waals surface area (Å²) in [5.41, 5.74) is 2.35. The Kier molecular flexibility index (Phi) is 8.33. The lowest BCUT2D eigenvalue weighted by molar-refractivity contribution is -0.571. The predicted octanol–water partition coefficient (Wildman–Crippen LogP) is 0.485.